The summed E-state index contributed by atoms with van der Waals surface area (Å²) in [7, 11) is 2.90. The highest BCUT2D eigenvalue weighted by molar-refractivity contribution is 5.95. The number of carbonyl (C=O) groups is 1. The number of hydrogen-bond donors (Lipinski definition) is 1. The Hall–Kier alpha value is -2.15. The Labute approximate surface area is 104 Å². The molecule has 0 saturated carbocycles. The van der Waals surface area contributed by atoms with Crippen LogP contribution in [0.1, 0.15) is 10.4 Å². The SMILES string of the molecule is COCCNC(=O)c1cc(OC)cc([N+](=O)[O-])c1. The van der Waals surface area contributed by atoms with E-state index in [0.717, 1.165) is 0 Å². The lowest BCUT2D eigenvalue weighted by atomic mass is 10.1. The fraction of sp³-hybridized carbons (Fsp3) is 0.364. The number of rotatable bonds is 6. The first kappa shape index (κ1) is 13.9. The second-order valence-corrected chi connectivity index (χ2v) is 3.43. The topological polar surface area (TPSA) is 90.7 Å². The lowest BCUT2D eigenvalue weighted by Crippen LogP contribution is -2.27. The first-order valence-corrected chi connectivity index (χ1v) is 5.19. The Balaban J connectivity index is 2.90. The van der Waals surface area contributed by atoms with E-state index in [2.05, 4.69) is 5.32 Å². The number of nitrogens with one attached hydrogen (secondary N) is 1. The molecule has 98 valence electrons. The average Bonchev–Trinajstić information content (AvgIpc) is 2.38. The maximum atomic E-state index is 11.7. The van der Waals surface area contributed by atoms with E-state index >= 15 is 0 Å². The fourth-order valence-corrected chi connectivity index (χ4v) is 1.31. The molecule has 0 fully saturated rings. The van der Waals surface area contributed by atoms with Crippen LogP contribution >= 0.6 is 0 Å². The van der Waals surface area contributed by atoms with E-state index in [1.54, 1.807) is 0 Å². The van der Waals surface area contributed by atoms with Crippen molar-refractivity contribution in [2.75, 3.05) is 27.4 Å². The molecule has 18 heavy (non-hydrogen) atoms. The van der Waals surface area contributed by atoms with Gasteiger partial charge in [-0.1, -0.05) is 0 Å². The van der Waals surface area contributed by atoms with Gasteiger partial charge in [0.25, 0.3) is 11.6 Å². The molecule has 1 aromatic carbocycles. The van der Waals surface area contributed by atoms with Gasteiger partial charge in [0, 0.05) is 25.3 Å². The van der Waals surface area contributed by atoms with E-state index in [0.29, 0.717) is 13.2 Å². The number of non-ortho nitro benzene ring substituents is 1. The highest BCUT2D eigenvalue weighted by atomic mass is 16.6. The van der Waals surface area contributed by atoms with Crippen LogP contribution in [0.3, 0.4) is 0 Å². The summed E-state index contributed by atoms with van der Waals surface area (Å²) < 4.78 is 9.70. The summed E-state index contributed by atoms with van der Waals surface area (Å²) in [6.07, 6.45) is 0. The molecule has 0 spiro atoms. The van der Waals surface area contributed by atoms with Crippen molar-refractivity contribution in [1.29, 1.82) is 0 Å². The molecule has 1 rings (SSSR count). The van der Waals surface area contributed by atoms with E-state index in [-0.39, 0.29) is 17.0 Å². The second kappa shape index (κ2) is 6.55. The molecule has 0 aliphatic rings. The normalized spacial score (nSPS) is 9.89. The van der Waals surface area contributed by atoms with Crippen molar-refractivity contribution in [2.24, 2.45) is 0 Å². The summed E-state index contributed by atoms with van der Waals surface area (Å²) in [5, 5.41) is 13.3. The van der Waals surface area contributed by atoms with Crippen molar-refractivity contribution < 1.29 is 19.2 Å². The van der Waals surface area contributed by atoms with Crippen molar-refractivity contribution in [3.8, 4) is 5.75 Å². The molecular weight excluding hydrogens is 240 g/mol. The molecular formula is C11H14N2O5. The van der Waals surface area contributed by atoms with Gasteiger partial charge in [0.15, 0.2) is 0 Å². The van der Waals surface area contributed by atoms with E-state index < -0.39 is 10.8 Å². The van der Waals surface area contributed by atoms with Gasteiger partial charge in [-0.05, 0) is 6.07 Å². The molecule has 0 heterocycles. The molecule has 1 N–H and O–H groups in total. The van der Waals surface area contributed by atoms with E-state index in [4.69, 9.17) is 9.47 Å². The number of methoxy groups -OCH3 is 2. The summed E-state index contributed by atoms with van der Waals surface area (Å²) in [4.78, 5) is 21.8. The number of carbonyl (C=O) groups excluding carboxylic acids is 1. The Bertz CT molecular complexity index is 447. The third kappa shape index (κ3) is 3.70. The Kier molecular flexibility index (Phi) is 5.06. The third-order valence-corrected chi connectivity index (χ3v) is 2.19. The number of benzene rings is 1. The van der Waals surface area contributed by atoms with Crippen LogP contribution in [0.5, 0.6) is 5.75 Å². The van der Waals surface area contributed by atoms with Crippen molar-refractivity contribution in [3.63, 3.8) is 0 Å². The van der Waals surface area contributed by atoms with Gasteiger partial charge in [-0.15, -0.1) is 0 Å². The number of hydrogen-bond acceptors (Lipinski definition) is 5. The molecule has 0 radical (unpaired) electrons. The smallest absolute Gasteiger partial charge is 0.273 e. The number of nitro benzene ring substituents is 1. The minimum absolute atomic E-state index is 0.178. The first-order valence-electron chi connectivity index (χ1n) is 5.19. The van der Waals surface area contributed by atoms with Gasteiger partial charge in [0.1, 0.15) is 5.75 Å². The van der Waals surface area contributed by atoms with Gasteiger partial charge in [0.2, 0.25) is 0 Å². The summed E-state index contributed by atoms with van der Waals surface area (Å²) in [6.45, 7) is 0.706. The standard InChI is InChI=1S/C11H14N2O5/c1-17-4-3-12-11(14)8-5-9(13(15)16)7-10(6-8)18-2/h5-7H,3-4H2,1-2H3,(H,12,14). The lowest BCUT2D eigenvalue weighted by molar-refractivity contribution is -0.385. The van der Waals surface area contributed by atoms with Gasteiger partial charge < -0.3 is 14.8 Å². The van der Waals surface area contributed by atoms with E-state index in [1.807, 2.05) is 0 Å². The Morgan fingerprint density at radius 1 is 1.39 bits per heavy atom. The van der Waals surface area contributed by atoms with Gasteiger partial charge in [-0.25, -0.2) is 0 Å². The molecule has 7 heteroatoms. The van der Waals surface area contributed by atoms with Crippen LogP contribution in [0.15, 0.2) is 18.2 Å². The fourth-order valence-electron chi connectivity index (χ4n) is 1.31. The molecule has 0 saturated heterocycles. The summed E-state index contributed by atoms with van der Waals surface area (Å²) in [5.41, 5.74) is -0.0107. The molecule has 7 nitrogen and oxygen atoms in total. The molecule has 0 bridgehead atoms. The lowest BCUT2D eigenvalue weighted by Gasteiger charge is -2.06. The van der Waals surface area contributed by atoms with Crippen molar-refractivity contribution in [3.05, 3.63) is 33.9 Å². The van der Waals surface area contributed by atoms with Crippen LogP contribution in [0.4, 0.5) is 5.69 Å². The molecule has 1 aromatic rings. The zero-order chi connectivity index (χ0) is 13.5. The molecule has 0 aliphatic carbocycles. The van der Waals surface area contributed by atoms with Crippen LogP contribution in [-0.2, 0) is 4.74 Å². The summed E-state index contributed by atoms with van der Waals surface area (Å²) >= 11 is 0. The van der Waals surface area contributed by atoms with E-state index in [1.165, 1.54) is 32.4 Å². The van der Waals surface area contributed by atoms with Crippen LogP contribution in [0.2, 0.25) is 0 Å². The predicted molar refractivity (Wildman–Crippen MR) is 63.9 cm³/mol. The summed E-state index contributed by atoms with van der Waals surface area (Å²) in [5.74, 6) is -0.143. The number of ether oxygens (including phenoxy) is 2. The largest absolute Gasteiger partial charge is 0.496 e. The average molecular weight is 254 g/mol. The van der Waals surface area contributed by atoms with Crippen molar-refractivity contribution in [2.45, 2.75) is 0 Å². The monoisotopic (exact) mass is 254 g/mol. The number of nitro groups is 1. The molecule has 0 atom stereocenters. The van der Waals surface area contributed by atoms with Crippen LogP contribution in [-0.4, -0.2) is 38.2 Å². The van der Waals surface area contributed by atoms with Gasteiger partial charge in [-0.3, -0.25) is 14.9 Å². The molecule has 0 aliphatic heterocycles. The molecule has 1 amide bonds. The minimum atomic E-state index is -0.575. The maximum Gasteiger partial charge on any atom is 0.273 e. The van der Waals surface area contributed by atoms with Crippen LogP contribution in [0.25, 0.3) is 0 Å². The molecule has 0 unspecified atom stereocenters. The maximum absolute atomic E-state index is 11.7. The van der Waals surface area contributed by atoms with Gasteiger partial charge >= 0.3 is 0 Å². The Morgan fingerprint density at radius 3 is 2.67 bits per heavy atom. The van der Waals surface area contributed by atoms with E-state index in [9.17, 15) is 14.9 Å². The highest BCUT2D eigenvalue weighted by Crippen LogP contribution is 2.22. The van der Waals surface area contributed by atoms with Crippen LogP contribution in [0, 0.1) is 10.1 Å². The predicted octanol–water partition coefficient (Wildman–Crippen LogP) is 0.980. The Morgan fingerprint density at radius 2 is 2.11 bits per heavy atom. The van der Waals surface area contributed by atoms with Crippen LogP contribution < -0.4 is 10.1 Å². The molecule has 0 aromatic heterocycles. The van der Waals surface area contributed by atoms with Crippen molar-refractivity contribution >= 4 is 11.6 Å². The zero-order valence-electron chi connectivity index (χ0n) is 10.1. The quantitative estimate of drug-likeness (QED) is 0.464. The van der Waals surface area contributed by atoms with Gasteiger partial charge in [-0.2, -0.15) is 0 Å². The number of nitrogens with zero attached hydrogens (tertiary/aromatic N) is 1. The minimum Gasteiger partial charge on any atom is -0.496 e. The second-order valence-electron chi connectivity index (χ2n) is 3.43. The third-order valence-electron chi connectivity index (χ3n) is 2.19. The first-order chi connectivity index (χ1) is 8.58. The number of amides is 1. The zero-order valence-corrected chi connectivity index (χ0v) is 10.1. The summed E-state index contributed by atoms with van der Waals surface area (Å²) in [6, 6.07) is 3.89. The van der Waals surface area contributed by atoms with Gasteiger partial charge in [0.05, 0.1) is 24.7 Å². The van der Waals surface area contributed by atoms with Crippen molar-refractivity contribution in [1.82, 2.24) is 5.32 Å². The highest BCUT2D eigenvalue weighted by Gasteiger charge is 2.14.